The van der Waals surface area contributed by atoms with Crippen molar-refractivity contribution in [3.63, 3.8) is 0 Å². The Morgan fingerprint density at radius 3 is 2.78 bits per heavy atom. The Hall–Kier alpha value is -1.59. The maximum Gasteiger partial charge on any atom is 0.191 e. The molecule has 0 aromatic heterocycles. The van der Waals surface area contributed by atoms with Crippen molar-refractivity contribution in [2.24, 2.45) is 10.9 Å². The predicted octanol–water partition coefficient (Wildman–Crippen LogP) is 3.00. The van der Waals surface area contributed by atoms with Gasteiger partial charge in [0, 0.05) is 38.8 Å². The molecule has 3 N–H and O–H groups in total. The van der Waals surface area contributed by atoms with Gasteiger partial charge in [-0.3, -0.25) is 9.89 Å². The van der Waals surface area contributed by atoms with Gasteiger partial charge in [-0.1, -0.05) is 43.7 Å². The van der Waals surface area contributed by atoms with Crippen molar-refractivity contribution in [3.05, 3.63) is 35.9 Å². The lowest BCUT2D eigenvalue weighted by Crippen LogP contribution is -2.51. The van der Waals surface area contributed by atoms with Gasteiger partial charge in [-0.05, 0) is 50.6 Å². The second-order valence-electron chi connectivity index (χ2n) is 7.59. The highest BCUT2D eigenvalue weighted by Gasteiger charge is 2.21. The van der Waals surface area contributed by atoms with Gasteiger partial charge in [-0.25, -0.2) is 0 Å². The largest absolute Gasteiger partial charge is 0.396 e. The molecule has 1 saturated heterocycles. The average molecular weight is 375 g/mol. The summed E-state index contributed by atoms with van der Waals surface area (Å²) in [6, 6.07) is 11.2. The molecule has 152 valence electrons. The van der Waals surface area contributed by atoms with Gasteiger partial charge in [-0.2, -0.15) is 0 Å². The van der Waals surface area contributed by atoms with E-state index in [0.29, 0.717) is 12.0 Å². The first-order chi connectivity index (χ1) is 13.2. The molecule has 2 atom stereocenters. The maximum absolute atomic E-state index is 9.26. The van der Waals surface area contributed by atoms with Crippen molar-refractivity contribution >= 4 is 5.96 Å². The Kier molecular flexibility index (Phi) is 10.2. The molecule has 1 fully saturated rings. The molecule has 2 unspecified atom stereocenters. The summed E-state index contributed by atoms with van der Waals surface area (Å²) in [6.45, 7) is 9.43. The van der Waals surface area contributed by atoms with Crippen molar-refractivity contribution in [1.82, 2.24) is 15.5 Å². The minimum atomic E-state index is 0.251. The van der Waals surface area contributed by atoms with Crippen LogP contribution in [0.25, 0.3) is 0 Å². The fraction of sp³-hybridized carbons (Fsp3) is 0.682. The van der Waals surface area contributed by atoms with Gasteiger partial charge >= 0.3 is 0 Å². The predicted molar refractivity (Wildman–Crippen MR) is 114 cm³/mol. The van der Waals surface area contributed by atoms with Crippen molar-refractivity contribution in [2.45, 2.75) is 58.5 Å². The number of nitrogens with zero attached hydrogens (tertiary/aromatic N) is 2. The van der Waals surface area contributed by atoms with Crippen LogP contribution in [0, 0.1) is 5.92 Å². The first-order valence-electron chi connectivity index (χ1n) is 10.7. The Labute approximate surface area is 165 Å². The quantitative estimate of drug-likeness (QED) is 0.435. The van der Waals surface area contributed by atoms with E-state index in [1.165, 1.54) is 18.4 Å². The highest BCUT2D eigenvalue weighted by molar-refractivity contribution is 5.80. The minimum absolute atomic E-state index is 0.251. The Morgan fingerprint density at radius 2 is 2.07 bits per heavy atom. The summed E-state index contributed by atoms with van der Waals surface area (Å²) in [4.78, 5) is 7.35. The third-order valence-corrected chi connectivity index (χ3v) is 5.18. The van der Waals surface area contributed by atoms with Crippen molar-refractivity contribution < 1.29 is 5.11 Å². The number of rotatable bonds is 10. The highest BCUT2D eigenvalue weighted by Crippen LogP contribution is 2.14. The molecule has 0 bridgehead atoms. The van der Waals surface area contributed by atoms with E-state index in [0.717, 1.165) is 57.9 Å². The second kappa shape index (κ2) is 12.7. The number of hydrogen-bond acceptors (Lipinski definition) is 3. The van der Waals surface area contributed by atoms with Crippen LogP contribution in [0.3, 0.4) is 0 Å². The van der Waals surface area contributed by atoms with Crippen LogP contribution in [-0.4, -0.2) is 54.8 Å². The smallest absolute Gasteiger partial charge is 0.191 e. The number of nitrogens with one attached hydrogen (secondary N) is 2. The van der Waals surface area contributed by atoms with E-state index in [-0.39, 0.29) is 6.61 Å². The van der Waals surface area contributed by atoms with Crippen molar-refractivity contribution in [2.75, 3.05) is 32.8 Å². The van der Waals surface area contributed by atoms with Gasteiger partial charge in [0.05, 0.1) is 0 Å². The molecule has 0 amide bonds. The van der Waals surface area contributed by atoms with Gasteiger partial charge < -0.3 is 15.7 Å². The topological polar surface area (TPSA) is 59.9 Å². The van der Waals surface area contributed by atoms with E-state index in [1.807, 2.05) is 0 Å². The molecule has 5 heteroatoms. The first kappa shape index (κ1) is 21.7. The summed E-state index contributed by atoms with van der Waals surface area (Å²) in [7, 11) is 0. The van der Waals surface area contributed by atoms with E-state index in [9.17, 15) is 5.11 Å². The minimum Gasteiger partial charge on any atom is -0.396 e. The van der Waals surface area contributed by atoms with Crippen LogP contribution < -0.4 is 10.6 Å². The van der Waals surface area contributed by atoms with Crippen LogP contribution >= 0.6 is 0 Å². The lowest BCUT2D eigenvalue weighted by atomic mass is 10.0. The lowest BCUT2D eigenvalue weighted by molar-refractivity contribution is 0.192. The summed E-state index contributed by atoms with van der Waals surface area (Å²) < 4.78 is 0. The van der Waals surface area contributed by atoms with E-state index >= 15 is 0 Å². The third-order valence-electron chi connectivity index (χ3n) is 5.18. The van der Waals surface area contributed by atoms with E-state index in [1.54, 1.807) is 0 Å². The second-order valence-corrected chi connectivity index (χ2v) is 7.59. The zero-order chi connectivity index (χ0) is 19.3. The molecule has 1 heterocycles. The van der Waals surface area contributed by atoms with Gasteiger partial charge in [0.2, 0.25) is 0 Å². The standard InChI is InChI=1S/C22H38N4O/c1-3-9-19(13-15-27)16-24-22(23-4-2)25-21-12-8-14-26(18-21)17-20-10-6-5-7-11-20/h5-7,10-11,19,21,27H,3-4,8-9,12-18H2,1-2H3,(H2,23,24,25). The molecule has 5 nitrogen and oxygen atoms in total. The van der Waals surface area contributed by atoms with E-state index in [2.05, 4.69) is 59.7 Å². The molecule has 0 saturated carbocycles. The summed E-state index contributed by atoms with van der Waals surface area (Å²) >= 11 is 0. The van der Waals surface area contributed by atoms with Crippen LogP contribution in [0.1, 0.15) is 51.5 Å². The fourth-order valence-corrected chi connectivity index (χ4v) is 3.81. The van der Waals surface area contributed by atoms with Crippen LogP contribution in [0.5, 0.6) is 0 Å². The van der Waals surface area contributed by atoms with Gasteiger partial charge in [-0.15, -0.1) is 0 Å². The summed E-state index contributed by atoms with van der Waals surface area (Å²) in [5.74, 6) is 1.39. The van der Waals surface area contributed by atoms with Crippen LogP contribution in [0.2, 0.25) is 0 Å². The van der Waals surface area contributed by atoms with Crippen LogP contribution in [-0.2, 0) is 6.54 Å². The third kappa shape index (κ3) is 8.31. The van der Waals surface area contributed by atoms with Crippen LogP contribution in [0.15, 0.2) is 35.3 Å². The summed E-state index contributed by atoms with van der Waals surface area (Å²) in [5.41, 5.74) is 1.38. The number of piperidine rings is 1. The van der Waals surface area contributed by atoms with Crippen molar-refractivity contribution in [3.8, 4) is 0 Å². The average Bonchev–Trinajstić information content (AvgIpc) is 2.67. The number of hydrogen-bond donors (Lipinski definition) is 3. The van der Waals surface area contributed by atoms with E-state index in [4.69, 9.17) is 4.99 Å². The molecule has 0 spiro atoms. The normalized spacial score (nSPS) is 19.7. The molecule has 0 aliphatic carbocycles. The molecular formula is C22H38N4O. The molecule has 0 radical (unpaired) electrons. The summed E-state index contributed by atoms with van der Waals surface area (Å²) in [6.07, 6.45) is 5.50. The Balaban J connectivity index is 1.89. The van der Waals surface area contributed by atoms with Crippen LogP contribution in [0.4, 0.5) is 0 Å². The molecule has 2 rings (SSSR count). The fourth-order valence-electron chi connectivity index (χ4n) is 3.81. The SMILES string of the molecule is CCCC(CCO)CN=C(NCC)NC1CCCN(Cc2ccccc2)C1. The zero-order valence-electron chi connectivity index (χ0n) is 17.2. The lowest BCUT2D eigenvalue weighted by Gasteiger charge is -2.34. The Bertz CT molecular complexity index is 528. The number of guanidine groups is 1. The van der Waals surface area contributed by atoms with Gasteiger partial charge in [0.25, 0.3) is 0 Å². The Morgan fingerprint density at radius 1 is 1.26 bits per heavy atom. The van der Waals surface area contributed by atoms with Gasteiger partial charge in [0.1, 0.15) is 0 Å². The monoisotopic (exact) mass is 374 g/mol. The number of likely N-dealkylation sites (tertiary alicyclic amines) is 1. The number of aliphatic hydroxyl groups is 1. The molecule has 1 aliphatic rings. The molecular weight excluding hydrogens is 336 g/mol. The molecule has 1 aromatic rings. The van der Waals surface area contributed by atoms with Crippen molar-refractivity contribution in [1.29, 1.82) is 0 Å². The molecule has 1 aliphatic heterocycles. The number of benzene rings is 1. The number of aliphatic imine (C=N–C) groups is 1. The zero-order valence-corrected chi connectivity index (χ0v) is 17.2. The molecule has 1 aromatic carbocycles. The van der Waals surface area contributed by atoms with E-state index < -0.39 is 0 Å². The maximum atomic E-state index is 9.26. The molecule has 27 heavy (non-hydrogen) atoms. The van der Waals surface area contributed by atoms with Gasteiger partial charge in [0.15, 0.2) is 5.96 Å². The first-order valence-corrected chi connectivity index (χ1v) is 10.7. The summed E-state index contributed by atoms with van der Waals surface area (Å²) in [5, 5.41) is 16.3. The number of aliphatic hydroxyl groups excluding tert-OH is 1. The highest BCUT2D eigenvalue weighted by atomic mass is 16.3.